The van der Waals surface area contributed by atoms with Crippen LogP contribution >= 0.6 is 0 Å². The summed E-state index contributed by atoms with van der Waals surface area (Å²) in [5.41, 5.74) is 0.240. The summed E-state index contributed by atoms with van der Waals surface area (Å²) in [7, 11) is -3.41. The lowest BCUT2D eigenvalue weighted by Crippen LogP contribution is -2.49. The molecule has 1 aliphatic rings. The first-order valence-electron chi connectivity index (χ1n) is 7.59. The highest BCUT2D eigenvalue weighted by Gasteiger charge is 2.35. The predicted molar refractivity (Wildman–Crippen MR) is 81.6 cm³/mol. The van der Waals surface area contributed by atoms with Crippen molar-refractivity contribution in [2.24, 2.45) is 11.3 Å². The Morgan fingerprint density at radius 3 is 2.15 bits per heavy atom. The van der Waals surface area contributed by atoms with Crippen LogP contribution in [-0.2, 0) is 10.2 Å². The van der Waals surface area contributed by atoms with Gasteiger partial charge in [0.05, 0.1) is 6.61 Å². The van der Waals surface area contributed by atoms with E-state index in [1.54, 1.807) is 4.31 Å². The van der Waals surface area contributed by atoms with Crippen molar-refractivity contribution in [1.82, 2.24) is 8.61 Å². The summed E-state index contributed by atoms with van der Waals surface area (Å²) in [6.07, 6.45) is 2.60. The predicted octanol–water partition coefficient (Wildman–Crippen LogP) is 1.69. The smallest absolute Gasteiger partial charge is 0.282 e. The third kappa shape index (κ3) is 4.41. The number of piperidine rings is 1. The van der Waals surface area contributed by atoms with E-state index < -0.39 is 10.2 Å². The Balaban J connectivity index is 2.70. The summed E-state index contributed by atoms with van der Waals surface area (Å²) in [5.74, 6) is 0.575. The van der Waals surface area contributed by atoms with Crippen LogP contribution in [0.2, 0.25) is 0 Å². The zero-order valence-electron chi connectivity index (χ0n) is 13.3. The number of nitrogens with zero attached hydrogens (tertiary/aromatic N) is 2. The minimum absolute atomic E-state index is 0.127. The normalized spacial score (nSPS) is 19.7. The first kappa shape index (κ1) is 17.9. The highest BCUT2D eigenvalue weighted by molar-refractivity contribution is 7.86. The summed E-state index contributed by atoms with van der Waals surface area (Å²) in [5, 5.41) is 9.05. The van der Waals surface area contributed by atoms with Crippen LogP contribution in [0.5, 0.6) is 0 Å². The summed E-state index contributed by atoms with van der Waals surface area (Å²) in [6.45, 7) is 10.3. The Kier molecular flexibility index (Phi) is 6.44. The van der Waals surface area contributed by atoms with Crippen molar-refractivity contribution < 1.29 is 13.5 Å². The van der Waals surface area contributed by atoms with Gasteiger partial charge < -0.3 is 5.11 Å². The van der Waals surface area contributed by atoms with Crippen LogP contribution in [-0.4, -0.2) is 54.9 Å². The second kappa shape index (κ2) is 7.20. The van der Waals surface area contributed by atoms with Gasteiger partial charge in [0, 0.05) is 26.2 Å². The second-order valence-electron chi connectivity index (χ2n) is 6.67. The lowest BCUT2D eigenvalue weighted by Gasteiger charge is -2.39. The van der Waals surface area contributed by atoms with E-state index in [1.807, 2.05) is 6.92 Å². The molecular formula is C14H30N2O3S. The molecule has 1 saturated heterocycles. The van der Waals surface area contributed by atoms with Crippen molar-refractivity contribution in [1.29, 1.82) is 0 Å². The Labute approximate surface area is 124 Å². The number of aliphatic hydroxyl groups excluding tert-OH is 1. The highest BCUT2D eigenvalue weighted by atomic mass is 32.2. The van der Waals surface area contributed by atoms with Crippen LogP contribution in [0, 0.1) is 11.3 Å². The monoisotopic (exact) mass is 306 g/mol. The number of rotatable bonds is 6. The number of hydrogen-bond acceptors (Lipinski definition) is 3. The minimum Gasteiger partial charge on any atom is -0.395 e. The van der Waals surface area contributed by atoms with E-state index >= 15 is 0 Å². The zero-order chi connectivity index (χ0) is 15.4. The molecule has 0 amide bonds. The van der Waals surface area contributed by atoms with Gasteiger partial charge in [-0.15, -0.1) is 0 Å². The van der Waals surface area contributed by atoms with Gasteiger partial charge in [-0.1, -0.05) is 27.7 Å². The SMILES string of the molecule is CCCN(CCO)S(=O)(=O)N1CCC(C(C)(C)C)CC1. The van der Waals surface area contributed by atoms with E-state index in [1.165, 1.54) is 4.31 Å². The van der Waals surface area contributed by atoms with E-state index in [0.29, 0.717) is 25.6 Å². The van der Waals surface area contributed by atoms with Crippen molar-refractivity contribution in [3.63, 3.8) is 0 Å². The molecular weight excluding hydrogens is 276 g/mol. The molecule has 0 unspecified atom stereocenters. The summed E-state index contributed by atoms with van der Waals surface area (Å²) < 4.78 is 28.1. The van der Waals surface area contributed by atoms with Crippen molar-refractivity contribution >= 4 is 10.2 Å². The minimum atomic E-state index is -3.41. The molecule has 0 saturated carbocycles. The maximum atomic E-state index is 12.6. The van der Waals surface area contributed by atoms with Crippen LogP contribution < -0.4 is 0 Å². The fourth-order valence-electron chi connectivity index (χ4n) is 2.82. The highest BCUT2D eigenvalue weighted by Crippen LogP contribution is 2.35. The molecule has 0 aromatic carbocycles. The van der Waals surface area contributed by atoms with Gasteiger partial charge in [-0.25, -0.2) is 0 Å². The molecule has 0 radical (unpaired) electrons. The standard InChI is InChI=1S/C14H30N2O3S/c1-5-8-15(11-12-17)20(18,19)16-9-6-13(7-10-16)14(2,3)4/h13,17H,5-12H2,1-4H3. The molecule has 0 bridgehead atoms. The molecule has 1 heterocycles. The van der Waals surface area contributed by atoms with Crippen LogP contribution in [0.3, 0.4) is 0 Å². The average Bonchev–Trinajstić information content (AvgIpc) is 2.37. The summed E-state index contributed by atoms with van der Waals surface area (Å²) in [4.78, 5) is 0. The first-order chi connectivity index (χ1) is 9.23. The lowest BCUT2D eigenvalue weighted by atomic mass is 9.76. The van der Waals surface area contributed by atoms with E-state index in [0.717, 1.165) is 19.3 Å². The zero-order valence-corrected chi connectivity index (χ0v) is 14.1. The fourth-order valence-corrected chi connectivity index (χ4v) is 4.54. The van der Waals surface area contributed by atoms with Crippen molar-refractivity contribution in [3.05, 3.63) is 0 Å². The van der Waals surface area contributed by atoms with Crippen LogP contribution in [0.1, 0.15) is 47.0 Å². The quantitative estimate of drug-likeness (QED) is 0.812. The molecule has 1 fully saturated rings. The van der Waals surface area contributed by atoms with Gasteiger partial charge in [0.15, 0.2) is 0 Å². The van der Waals surface area contributed by atoms with Gasteiger partial charge in [0.1, 0.15) is 0 Å². The van der Waals surface area contributed by atoms with Gasteiger partial charge in [-0.2, -0.15) is 17.0 Å². The molecule has 0 aromatic heterocycles. The number of hydrogen-bond donors (Lipinski definition) is 1. The van der Waals surface area contributed by atoms with Crippen molar-refractivity contribution in [2.75, 3.05) is 32.8 Å². The van der Waals surface area contributed by atoms with Gasteiger partial charge >= 0.3 is 0 Å². The summed E-state index contributed by atoms with van der Waals surface area (Å²) >= 11 is 0. The lowest BCUT2D eigenvalue weighted by molar-refractivity contribution is 0.148. The molecule has 0 spiro atoms. The molecule has 5 nitrogen and oxygen atoms in total. The van der Waals surface area contributed by atoms with E-state index in [2.05, 4.69) is 20.8 Å². The van der Waals surface area contributed by atoms with Gasteiger partial charge in [0.2, 0.25) is 0 Å². The maximum absolute atomic E-state index is 12.6. The van der Waals surface area contributed by atoms with Gasteiger partial charge in [-0.05, 0) is 30.6 Å². The van der Waals surface area contributed by atoms with Crippen molar-refractivity contribution in [2.45, 2.75) is 47.0 Å². The molecule has 0 aliphatic carbocycles. The second-order valence-corrected chi connectivity index (χ2v) is 8.60. The summed E-state index contributed by atoms with van der Waals surface area (Å²) in [6, 6.07) is 0. The van der Waals surface area contributed by atoms with E-state index in [4.69, 9.17) is 5.11 Å². The largest absolute Gasteiger partial charge is 0.395 e. The molecule has 0 atom stereocenters. The van der Waals surface area contributed by atoms with Crippen molar-refractivity contribution in [3.8, 4) is 0 Å². The molecule has 1 aliphatic heterocycles. The molecule has 1 N–H and O–H groups in total. The Hall–Kier alpha value is -0.170. The van der Waals surface area contributed by atoms with Gasteiger partial charge in [-0.3, -0.25) is 0 Å². The van der Waals surface area contributed by atoms with Crippen LogP contribution in [0.15, 0.2) is 0 Å². The molecule has 0 aromatic rings. The Morgan fingerprint density at radius 2 is 1.75 bits per heavy atom. The fraction of sp³-hybridized carbons (Fsp3) is 1.00. The average molecular weight is 306 g/mol. The molecule has 6 heteroatoms. The Bertz CT molecular complexity index is 376. The van der Waals surface area contributed by atoms with Crippen LogP contribution in [0.4, 0.5) is 0 Å². The number of aliphatic hydroxyl groups is 1. The third-order valence-electron chi connectivity index (χ3n) is 4.15. The van der Waals surface area contributed by atoms with Crippen LogP contribution in [0.25, 0.3) is 0 Å². The molecule has 20 heavy (non-hydrogen) atoms. The third-order valence-corrected chi connectivity index (χ3v) is 6.19. The molecule has 1 rings (SSSR count). The van der Waals surface area contributed by atoms with E-state index in [-0.39, 0.29) is 18.6 Å². The maximum Gasteiger partial charge on any atom is 0.282 e. The first-order valence-corrected chi connectivity index (χ1v) is 8.99. The Morgan fingerprint density at radius 1 is 1.20 bits per heavy atom. The van der Waals surface area contributed by atoms with Gasteiger partial charge in [0.25, 0.3) is 10.2 Å². The van der Waals surface area contributed by atoms with E-state index in [9.17, 15) is 8.42 Å². The topological polar surface area (TPSA) is 60.9 Å². The molecule has 120 valence electrons.